The van der Waals surface area contributed by atoms with Crippen LogP contribution in [0.5, 0.6) is 0 Å². The fourth-order valence-electron chi connectivity index (χ4n) is 1.99. The second-order valence-electron chi connectivity index (χ2n) is 4.92. The summed E-state index contributed by atoms with van der Waals surface area (Å²) >= 11 is 3.12. The molecule has 0 aromatic heterocycles. The van der Waals surface area contributed by atoms with Crippen LogP contribution in [0.1, 0.15) is 51.0 Å². The molecule has 20 heavy (non-hydrogen) atoms. The Morgan fingerprint density at radius 2 is 1.65 bits per heavy atom. The number of rotatable bonds is 8. The average molecular weight is 352 g/mol. The molecule has 0 aliphatic rings. The van der Waals surface area contributed by atoms with Crippen molar-refractivity contribution in [3.05, 3.63) is 28.2 Å². The van der Waals surface area contributed by atoms with Crippen molar-refractivity contribution in [2.75, 3.05) is 11.9 Å². The number of benzene rings is 1. The van der Waals surface area contributed by atoms with Gasteiger partial charge in [0.1, 0.15) is 0 Å². The molecule has 0 aliphatic carbocycles. The predicted octanol–water partition coefficient (Wildman–Crippen LogP) is 6.24. The molecular formula is C15H21BrF3N. The van der Waals surface area contributed by atoms with Gasteiger partial charge in [-0.05, 0) is 24.6 Å². The van der Waals surface area contributed by atoms with Gasteiger partial charge in [-0.2, -0.15) is 13.2 Å². The summed E-state index contributed by atoms with van der Waals surface area (Å²) in [5.74, 6) is 0. The van der Waals surface area contributed by atoms with Gasteiger partial charge in [0.25, 0.3) is 0 Å². The topological polar surface area (TPSA) is 12.0 Å². The van der Waals surface area contributed by atoms with Crippen molar-refractivity contribution in [1.29, 1.82) is 0 Å². The summed E-state index contributed by atoms with van der Waals surface area (Å²) in [6.45, 7) is 2.88. The van der Waals surface area contributed by atoms with E-state index >= 15 is 0 Å². The molecule has 1 aromatic carbocycles. The zero-order chi connectivity index (χ0) is 15.0. The number of unbranched alkanes of at least 4 members (excludes halogenated alkanes) is 5. The quantitative estimate of drug-likeness (QED) is 0.546. The molecule has 0 unspecified atom stereocenters. The SMILES string of the molecule is CCCCCCCCNc1cc(Br)cc(C(F)(F)F)c1. The van der Waals surface area contributed by atoms with E-state index in [0.717, 1.165) is 25.0 Å². The molecule has 1 N–H and O–H groups in total. The molecule has 0 saturated carbocycles. The van der Waals surface area contributed by atoms with E-state index in [-0.39, 0.29) is 0 Å². The van der Waals surface area contributed by atoms with Crippen molar-refractivity contribution in [1.82, 2.24) is 0 Å². The van der Waals surface area contributed by atoms with Crippen LogP contribution in [-0.4, -0.2) is 6.54 Å². The fraction of sp³-hybridized carbons (Fsp3) is 0.600. The molecule has 0 atom stereocenters. The summed E-state index contributed by atoms with van der Waals surface area (Å²) in [6.07, 6.45) is 2.71. The maximum atomic E-state index is 12.7. The second-order valence-corrected chi connectivity index (χ2v) is 5.84. The summed E-state index contributed by atoms with van der Waals surface area (Å²) in [5, 5.41) is 3.06. The molecule has 1 aromatic rings. The van der Waals surface area contributed by atoms with Gasteiger partial charge >= 0.3 is 6.18 Å². The number of nitrogens with one attached hydrogen (secondary N) is 1. The van der Waals surface area contributed by atoms with E-state index < -0.39 is 11.7 Å². The molecule has 1 nitrogen and oxygen atoms in total. The molecule has 0 spiro atoms. The maximum absolute atomic E-state index is 12.7. The van der Waals surface area contributed by atoms with Crippen LogP contribution in [0.2, 0.25) is 0 Å². The van der Waals surface area contributed by atoms with E-state index in [9.17, 15) is 13.2 Å². The molecule has 0 amide bonds. The van der Waals surface area contributed by atoms with Crippen molar-refractivity contribution >= 4 is 21.6 Å². The summed E-state index contributed by atoms with van der Waals surface area (Å²) in [7, 11) is 0. The lowest BCUT2D eigenvalue weighted by molar-refractivity contribution is -0.137. The molecule has 0 radical (unpaired) electrons. The fourth-order valence-corrected chi connectivity index (χ4v) is 2.49. The number of hydrogen-bond donors (Lipinski definition) is 1. The number of alkyl halides is 3. The van der Waals surface area contributed by atoms with Gasteiger partial charge in [0.05, 0.1) is 5.56 Å². The minimum atomic E-state index is -4.31. The van der Waals surface area contributed by atoms with Crippen LogP contribution in [0.15, 0.2) is 22.7 Å². The van der Waals surface area contributed by atoms with Crippen LogP contribution >= 0.6 is 15.9 Å². The third-order valence-corrected chi connectivity index (χ3v) is 3.54. The normalized spacial score (nSPS) is 11.7. The van der Waals surface area contributed by atoms with E-state index in [4.69, 9.17) is 0 Å². The third-order valence-electron chi connectivity index (χ3n) is 3.08. The molecule has 0 bridgehead atoms. The molecule has 1 rings (SSSR count). The monoisotopic (exact) mass is 351 g/mol. The van der Waals surface area contributed by atoms with Gasteiger partial charge in [-0.25, -0.2) is 0 Å². The highest BCUT2D eigenvalue weighted by molar-refractivity contribution is 9.10. The molecule has 0 aliphatic heterocycles. The summed E-state index contributed by atoms with van der Waals surface area (Å²) in [4.78, 5) is 0. The van der Waals surface area contributed by atoms with Crippen LogP contribution in [0.25, 0.3) is 0 Å². The Bertz CT molecular complexity index is 405. The van der Waals surface area contributed by atoms with Gasteiger partial charge in [0, 0.05) is 16.7 Å². The number of halogens is 4. The lowest BCUT2D eigenvalue weighted by Crippen LogP contribution is -2.07. The van der Waals surface area contributed by atoms with E-state index in [1.54, 1.807) is 6.07 Å². The van der Waals surface area contributed by atoms with Crippen LogP contribution < -0.4 is 5.32 Å². The van der Waals surface area contributed by atoms with Gasteiger partial charge in [0.2, 0.25) is 0 Å². The molecule has 114 valence electrons. The highest BCUT2D eigenvalue weighted by Crippen LogP contribution is 2.33. The lowest BCUT2D eigenvalue weighted by atomic mass is 10.1. The first-order valence-electron chi connectivity index (χ1n) is 7.05. The van der Waals surface area contributed by atoms with Gasteiger partial charge in [-0.1, -0.05) is 55.0 Å². The van der Waals surface area contributed by atoms with Crippen LogP contribution in [0.4, 0.5) is 18.9 Å². The van der Waals surface area contributed by atoms with Crippen molar-refractivity contribution in [3.63, 3.8) is 0 Å². The third kappa shape index (κ3) is 6.64. The zero-order valence-electron chi connectivity index (χ0n) is 11.7. The van der Waals surface area contributed by atoms with E-state index in [0.29, 0.717) is 16.7 Å². The molecule has 5 heteroatoms. The van der Waals surface area contributed by atoms with Crippen LogP contribution in [0.3, 0.4) is 0 Å². The Labute approximate surface area is 127 Å². The standard InChI is InChI=1S/C15H21BrF3N/c1-2-3-4-5-6-7-8-20-14-10-12(15(17,18)19)9-13(16)11-14/h9-11,20H,2-8H2,1H3. The highest BCUT2D eigenvalue weighted by atomic mass is 79.9. The Morgan fingerprint density at radius 1 is 1.00 bits per heavy atom. The number of hydrogen-bond acceptors (Lipinski definition) is 1. The summed E-state index contributed by atoms with van der Waals surface area (Å²) in [6, 6.07) is 3.92. The Hall–Kier alpha value is -0.710. The van der Waals surface area contributed by atoms with Crippen LogP contribution in [-0.2, 0) is 6.18 Å². The molecule has 0 saturated heterocycles. The van der Waals surface area contributed by atoms with Crippen molar-refractivity contribution in [3.8, 4) is 0 Å². The first-order valence-corrected chi connectivity index (χ1v) is 7.84. The Balaban J connectivity index is 2.39. The van der Waals surface area contributed by atoms with Gasteiger partial charge in [0.15, 0.2) is 0 Å². The Kier molecular flexibility index (Phi) is 7.41. The summed E-state index contributed by atoms with van der Waals surface area (Å²) in [5.41, 5.74) is -0.113. The zero-order valence-corrected chi connectivity index (χ0v) is 13.3. The van der Waals surface area contributed by atoms with E-state index in [1.807, 2.05) is 0 Å². The minimum absolute atomic E-state index is 0.442. The van der Waals surface area contributed by atoms with Crippen molar-refractivity contribution in [2.24, 2.45) is 0 Å². The number of anilines is 1. The van der Waals surface area contributed by atoms with E-state index in [1.165, 1.54) is 25.7 Å². The minimum Gasteiger partial charge on any atom is -0.385 e. The lowest BCUT2D eigenvalue weighted by Gasteiger charge is -2.11. The smallest absolute Gasteiger partial charge is 0.385 e. The first-order chi connectivity index (χ1) is 9.43. The molecule has 0 fully saturated rings. The molecular weight excluding hydrogens is 331 g/mol. The van der Waals surface area contributed by atoms with Gasteiger partial charge in [-0.15, -0.1) is 0 Å². The predicted molar refractivity (Wildman–Crippen MR) is 81.0 cm³/mol. The average Bonchev–Trinajstić information content (AvgIpc) is 2.36. The van der Waals surface area contributed by atoms with Crippen molar-refractivity contribution in [2.45, 2.75) is 51.6 Å². The molecule has 0 heterocycles. The largest absolute Gasteiger partial charge is 0.416 e. The second kappa shape index (κ2) is 8.55. The van der Waals surface area contributed by atoms with E-state index in [2.05, 4.69) is 28.2 Å². The Morgan fingerprint density at radius 3 is 2.30 bits per heavy atom. The highest BCUT2D eigenvalue weighted by Gasteiger charge is 2.31. The maximum Gasteiger partial charge on any atom is 0.416 e. The van der Waals surface area contributed by atoms with Gasteiger partial charge < -0.3 is 5.32 Å². The van der Waals surface area contributed by atoms with Crippen LogP contribution in [0, 0.1) is 0 Å². The summed E-state index contributed by atoms with van der Waals surface area (Å²) < 4.78 is 38.4. The first kappa shape index (κ1) is 17.3. The van der Waals surface area contributed by atoms with Crippen molar-refractivity contribution < 1.29 is 13.2 Å². The van der Waals surface area contributed by atoms with Gasteiger partial charge in [-0.3, -0.25) is 0 Å².